The van der Waals surface area contributed by atoms with Gasteiger partial charge in [-0.25, -0.2) is 4.79 Å². The number of rotatable bonds is 7. The predicted octanol–water partition coefficient (Wildman–Crippen LogP) is 5.26. The maximum atomic E-state index is 12.9. The van der Waals surface area contributed by atoms with Crippen molar-refractivity contribution in [3.63, 3.8) is 0 Å². The zero-order valence-corrected chi connectivity index (χ0v) is 16.7. The van der Waals surface area contributed by atoms with Crippen molar-refractivity contribution in [1.82, 2.24) is 0 Å². The molecule has 2 aromatic rings. The summed E-state index contributed by atoms with van der Waals surface area (Å²) in [5.41, 5.74) is 0.0770. The molecule has 3 atom stereocenters. The molecule has 0 bridgehead atoms. The van der Waals surface area contributed by atoms with Gasteiger partial charge in [0.05, 0.1) is 5.56 Å². The predicted molar refractivity (Wildman–Crippen MR) is 107 cm³/mol. The van der Waals surface area contributed by atoms with E-state index in [0.29, 0.717) is 23.2 Å². The van der Waals surface area contributed by atoms with Crippen LogP contribution in [0.3, 0.4) is 0 Å². The van der Waals surface area contributed by atoms with E-state index in [9.17, 15) is 9.90 Å². The summed E-state index contributed by atoms with van der Waals surface area (Å²) in [5, 5.41) is 12.8. The smallest absolute Gasteiger partial charge is 0.343 e. The standard InChI is InChI=1S/C22H28O4S/c1-2-15(11-14-5-3-9-25-13-14)18-12-17(23)21(22(24)26-18)20(16-7-8-16)19-6-4-10-27-19/h4,6,10,12,14-16,20,23H,2-3,5,7-9,11,13H2,1H3. The van der Waals surface area contributed by atoms with Crippen molar-refractivity contribution in [3.05, 3.63) is 50.2 Å². The lowest BCUT2D eigenvalue weighted by Crippen LogP contribution is -2.21. The molecule has 2 aliphatic rings. The lowest BCUT2D eigenvalue weighted by molar-refractivity contribution is 0.0477. The van der Waals surface area contributed by atoms with Crippen LogP contribution in [-0.4, -0.2) is 18.3 Å². The SMILES string of the molecule is CCC(CC1CCCOC1)c1cc(O)c(C(c2cccs2)C2CC2)c(=O)o1. The minimum Gasteiger partial charge on any atom is -0.507 e. The molecule has 4 rings (SSSR count). The normalized spacial score (nSPS) is 22.5. The Balaban J connectivity index is 1.61. The van der Waals surface area contributed by atoms with Crippen LogP contribution in [0.1, 0.15) is 73.5 Å². The van der Waals surface area contributed by atoms with Gasteiger partial charge in [0, 0.05) is 36.0 Å². The molecule has 3 heterocycles. The molecule has 2 fully saturated rings. The van der Waals surface area contributed by atoms with Gasteiger partial charge in [-0.05, 0) is 61.8 Å². The number of hydrogen-bond donors (Lipinski definition) is 1. The lowest BCUT2D eigenvalue weighted by atomic mass is 9.86. The van der Waals surface area contributed by atoms with Gasteiger partial charge in [-0.1, -0.05) is 13.0 Å². The summed E-state index contributed by atoms with van der Waals surface area (Å²) in [6, 6.07) is 5.76. The van der Waals surface area contributed by atoms with E-state index in [2.05, 4.69) is 13.0 Å². The van der Waals surface area contributed by atoms with E-state index >= 15 is 0 Å². The van der Waals surface area contributed by atoms with Crippen LogP contribution < -0.4 is 5.63 Å². The first-order valence-corrected chi connectivity index (χ1v) is 11.0. The van der Waals surface area contributed by atoms with Crippen LogP contribution in [0.25, 0.3) is 0 Å². The van der Waals surface area contributed by atoms with E-state index < -0.39 is 0 Å². The monoisotopic (exact) mass is 388 g/mol. The van der Waals surface area contributed by atoms with E-state index in [1.807, 2.05) is 11.4 Å². The summed E-state index contributed by atoms with van der Waals surface area (Å²) in [5.74, 6) is 1.76. The van der Waals surface area contributed by atoms with Crippen LogP contribution in [0.15, 0.2) is 32.8 Å². The Morgan fingerprint density at radius 2 is 2.19 bits per heavy atom. The van der Waals surface area contributed by atoms with Crippen LogP contribution >= 0.6 is 11.3 Å². The quantitative estimate of drug-likeness (QED) is 0.703. The summed E-state index contributed by atoms with van der Waals surface area (Å²) >= 11 is 1.64. The van der Waals surface area contributed by atoms with E-state index in [0.717, 1.165) is 56.6 Å². The van der Waals surface area contributed by atoms with Crippen molar-refractivity contribution in [2.24, 2.45) is 11.8 Å². The molecule has 2 aromatic heterocycles. The van der Waals surface area contributed by atoms with E-state index in [1.54, 1.807) is 17.4 Å². The van der Waals surface area contributed by atoms with Gasteiger partial charge in [-0.15, -0.1) is 11.3 Å². The molecule has 1 aliphatic heterocycles. The highest BCUT2D eigenvalue weighted by Gasteiger charge is 2.38. The molecular weight excluding hydrogens is 360 g/mol. The molecule has 1 N–H and O–H groups in total. The Morgan fingerprint density at radius 3 is 2.78 bits per heavy atom. The maximum absolute atomic E-state index is 12.9. The fraction of sp³-hybridized carbons (Fsp3) is 0.591. The summed E-state index contributed by atoms with van der Waals surface area (Å²) in [6.45, 7) is 3.74. The molecule has 1 aliphatic carbocycles. The molecule has 0 amide bonds. The summed E-state index contributed by atoms with van der Waals surface area (Å²) < 4.78 is 11.4. The molecule has 0 aromatic carbocycles. The molecule has 146 valence electrons. The zero-order chi connectivity index (χ0) is 18.8. The van der Waals surface area contributed by atoms with Crippen molar-refractivity contribution in [2.75, 3.05) is 13.2 Å². The lowest BCUT2D eigenvalue weighted by Gasteiger charge is -2.26. The molecule has 5 heteroatoms. The van der Waals surface area contributed by atoms with Gasteiger partial charge >= 0.3 is 5.63 Å². The van der Waals surface area contributed by atoms with Crippen molar-refractivity contribution in [2.45, 2.75) is 57.3 Å². The Hall–Kier alpha value is -1.59. The van der Waals surface area contributed by atoms with Gasteiger partial charge in [0.25, 0.3) is 0 Å². The van der Waals surface area contributed by atoms with Crippen molar-refractivity contribution in [1.29, 1.82) is 0 Å². The molecule has 3 unspecified atom stereocenters. The summed E-state index contributed by atoms with van der Waals surface area (Å²) in [6.07, 6.45) is 6.28. The number of ether oxygens (including phenoxy) is 1. The van der Waals surface area contributed by atoms with E-state index in [4.69, 9.17) is 9.15 Å². The molecule has 1 saturated carbocycles. The Kier molecular flexibility index (Phi) is 5.69. The van der Waals surface area contributed by atoms with Gasteiger partial charge < -0.3 is 14.3 Å². The Bertz CT molecular complexity index is 800. The molecule has 0 radical (unpaired) electrons. The second-order valence-corrected chi connectivity index (χ2v) is 8.97. The fourth-order valence-corrected chi connectivity index (χ4v) is 5.31. The molecule has 0 spiro atoms. The topological polar surface area (TPSA) is 59.7 Å². The average molecular weight is 389 g/mol. The van der Waals surface area contributed by atoms with Crippen LogP contribution in [0.5, 0.6) is 5.75 Å². The van der Waals surface area contributed by atoms with Crippen LogP contribution in [0, 0.1) is 11.8 Å². The minimum absolute atomic E-state index is 0.0397. The van der Waals surface area contributed by atoms with Gasteiger partial charge in [0.1, 0.15) is 11.5 Å². The maximum Gasteiger partial charge on any atom is 0.343 e. The summed E-state index contributed by atoms with van der Waals surface area (Å²) in [7, 11) is 0. The van der Waals surface area contributed by atoms with Gasteiger partial charge in [-0.2, -0.15) is 0 Å². The number of thiophene rings is 1. The van der Waals surface area contributed by atoms with Gasteiger partial charge in [-0.3, -0.25) is 0 Å². The molecular formula is C22H28O4S. The zero-order valence-electron chi connectivity index (χ0n) is 15.9. The third-order valence-electron chi connectivity index (χ3n) is 6.01. The largest absolute Gasteiger partial charge is 0.507 e. The van der Waals surface area contributed by atoms with Gasteiger partial charge in [0.15, 0.2) is 0 Å². The van der Waals surface area contributed by atoms with Crippen molar-refractivity contribution < 1.29 is 14.3 Å². The number of aromatic hydroxyl groups is 1. The third kappa shape index (κ3) is 4.14. The Morgan fingerprint density at radius 1 is 1.33 bits per heavy atom. The van der Waals surface area contributed by atoms with Crippen LogP contribution in [0.2, 0.25) is 0 Å². The van der Waals surface area contributed by atoms with Crippen molar-refractivity contribution in [3.8, 4) is 5.75 Å². The molecule has 4 nitrogen and oxygen atoms in total. The summed E-state index contributed by atoms with van der Waals surface area (Å²) in [4.78, 5) is 14.0. The second-order valence-electron chi connectivity index (χ2n) is 7.99. The first-order chi connectivity index (χ1) is 13.2. The van der Waals surface area contributed by atoms with E-state index in [-0.39, 0.29) is 23.2 Å². The highest BCUT2D eigenvalue weighted by molar-refractivity contribution is 7.10. The van der Waals surface area contributed by atoms with Gasteiger partial charge in [0.2, 0.25) is 0 Å². The van der Waals surface area contributed by atoms with E-state index in [1.165, 1.54) is 0 Å². The second kappa shape index (κ2) is 8.19. The Labute approximate surface area is 164 Å². The highest BCUT2D eigenvalue weighted by atomic mass is 32.1. The minimum atomic E-state index is -0.367. The third-order valence-corrected chi connectivity index (χ3v) is 6.96. The van der Waals surface area contributed by atoms with Crippen LogP contribution in [0.4, 0.5) is 0 Å². The van der Waals surface area contributed by atoms with Crippen LogP contribution in [-0.2, 0) is 4.74 Å². The fourth-order valence-electron chi connectivity index (χ4n) is 4.38. The number of hydrogen-bond acceptors (Lipinski definition) is 5. The van der Waals surface area contributed by atoms with Crippen molar-refractivity contribution >= 4 is 11.3 Å². The molecule has 27 heavy (non-hydrogen) atoms. The first kappa shape index (κ1) is 18.8. The molecule has 1 saturated heterocycles. The first-order valence-electron chi connectivity index (χ1n) is 10.2. The average Bonchev–Trinajstić information content (AvgIpc) is 3.36. The highest BCUT2D eigenvalue weighted by Crippen LogP contribution is 2.49.